The predicted molar refractivity (Wildman–Crippen MR) is 160 cm³/mol. The molecule has 4 rings (SSSR count). The minimum Gasteiger partial charge on any atom is -0.462 e. The Morgan fingerprint density at radius 1 is 0.950 bits per heavy atom. The highest BCUT2D eigenvalue weighted by Gasteiger charge is 2.29. The fourth-order valence-corrected chi connectivity index (χ4v) is 5.48. The van der Waals surface area contributed by atoms with Crippen molar-refractivity contribution < 1.29 is 22.7 Å². The van der Waals surface area contributed by atoms with Crippen molar-refractivity contribution in [2.75, 3.05) is 55.0 Å². The number of amides is 1. The van der Waals surface area contributed by atoms with Gasteiger partial charge < -0.3 is 20.3 Å². The van der Waals surface area contributed by atoms with Gasteiger partial charge in [-0.25, -0.2) is 13.2 Å². The quantitative estimate of drug-likeness (QED) is 0.261. The molecule has 1 amide bonds. The van der Waals surface area contributed by atoms with E-state index in [1.54, 1.807) is 49.4 Å². The molecule has 210 valence electrons. The van der Waals surface area contributed by atoms with E-state index in [0.717, 1.165) is 12.1 Å². The molecule has 0 saturated carbocycles. The SMILES string of the molecule is CCOC(=O)c1ccc2c(c1)NC(=O)C2=C(Nc1ccc(N(CCCN(C)C)S(C)(=O)=O)cc1)c1ccccc1. The molecule has 0 radical (unpaired) electrons. The lowest BCUT2D eigenvalue weighted by Gasteiger charge is -2.23. The summed E-state index contributed by atoms with van der Waals surface area (Å²) in [6, 6.07) is 21.5. The topological polar surface area (TPSA) is 108 Å². The molecule has 3 aromatic carbocycles. The number of esters is 1. The van der Waals surface area contributed by atoms with E-state index in [1.165, 1.54) is 10.6 Å². The number of rotatable bonds is 11. The van der Waals surface area contributed by atoms with E-state index in [0.29, 0.717) is 52.4 Å². The third kappa shape index (κ3) is 6.70. The molecule has 0 aromatic heterocycles. The predicted octanol–water partition coefficient (Wildman–Crippen LogP) is 4.51. The molecule has 0 spiro atoms. The summed E-state index contributed by atoms with van der Waals surface area (Å²) < 4.78 is 31.5. The summed E-state index contributed by atoms with van der Waals surface area (Å²) in [5.41, 5.74) is 4.59. The number of carbonyl (C=O) groups excluding carboxylic acids is 2. The van der Waals surface area contributed by atoms with Gasteiger partial charge >= 0.3 is 5.97 Å². The van der Waals surface area contributed by atoms with Gasteiger partial charge in [0.15, 0.2) is 0 Å². The maximum Gasteiger partial charge on any atom is 0.338 e. The van der Waals surface area contributed by atoms with E-state index in [9.17, 15) is 18.0 Å². The normalized spacial score (nSPS) is 14.0. The van der Waals surface area contributed by atoms with Gasteiger partial charge in [0.25, 0.3) is 5.91 Å². The van der Waals surface area contributed by atoms with Gasteiger partial charge in [-0.3, -0.25) is 9.10 Å². The number of hydrogen-bond acceptors (Lipinski definition) is 7. The number of anilines is 3. The Kier molecular flexibility index (Phi) is 8.91. The molecular weight excluding hydrogens is 528 g/mol. The molecule has 0 fully saturated rings. The van der Waals surface area contributed by atoms with E-state index in [2.05, 4.69) is 10.6 Å². The van der Waals surface area contributed by atoms with Gasteiger partial charge in [0.1, 0.15) is 0 Å². The van der Waals surface area contributed by atoms with Gasteiger partial charge in [-0.2, -0.15) is 0 Å². The van der Waals surface area contributed by atoms with Gasteiger partial charge in [-0.15, -0.1) is 0 Å². The Labute approximate surface area is 235 Å². The Bertz CT molecular complexity index is 1520. The number of hydrogen-bond donors (Lipinski definition) is 2. The van der Waals surface area contributed by atoms with Gasteiger partial charge in [-0.1, -0.05) is 36.4 Å². The average molecular weight is 563 g/mol. The number of ether oxygens (including phenoxy) is 1. The van der Waals surface area contributed by atoms with E-state index in [4.69, 9.17) is 4.74 Å². The molecule has 9 nitrogen and oxygen atoms in total. The lowest BCUT2D eigenvalue weighted by atomic mass is 9.99. The van der Waals surface area contributed by atoms with Gasteiger partial charge in [0, 0.05) is 17.8 Å². The zero-order chi connectivity index (χ0) is 28.9. The Hall–Kier alpha value is -4.15. The van der Waals surface area contributed by atoms with Crippen molar-refractivity contribution >= 4 is 50.2 Å². The van der Waals surface area contributed by atoms with Crippen molar-refractivity contribution in [1.82, 2.24) is 4.90 Å². The minimum absolute atomic E-state index is 0.256. The Morgan fingerprint density at radius 2 is 1.65 bits per heavy atom. The standard InChI is InChI=1S/C30H34N4O5S/c1-5-39-30(36)22-12-17-25-26(20-22)32-29(35)27(25)28(21-10-7-6-8-11-21)31-23-13-15-24(16-14-23)34(40(4,37)38)19-9-18-33(2)3/h6-8,10-17,20,31H,5,9,18-19H2,1-4H3,(H,32,35). The number of nitrogens with zero attached hydrogens (tertiary/aromatic N) is 2. The largest absolute Gasteiger partial charge is 0.462 e. The summed E-state index contributed by atoms with van der Waals surface area (Å²) in [5, 5.41) is 6.25. The van der Waals surface area contributed by atoms with Crippen LogP contribution in [0.3, 0.4) is 0 Å². The second-order valence-electron chi connectivity index (χ2n) is 9.71. The first-order valence-electron chi connectivity index (χ1n) is 13.0. The fourth-order valence-electron chi connectivity index (χ4n) is 4.52. The molecule has 0 saturated heterocycles. The number of sulfonamides is 1. The summed E-state index contributed by atoms with van der Waals surface area (Å²) in [6.45, 7) is 3.13. The van der Waals surface area contributed by atoms with Crippen LogP contribution in [0.5, 0.6) is 0 Å². The summed E-state index contributed by atoms with van der Waals surface area (Å²) in [7, 11) is 0.439. The van der Waals surface area contributed by atoms with Crippen molar-refractivity contribution in [2.45, 2.75) is 13.3 Å². The number of fused-ring (bicyclic) bond motifs is 1. The first-order chi connectivity index (χ1) is 19.1. The first kappa shape index (κ1) is 28.8. The summed E-state index contributed by atoms with van der Waals surface area (Å²) in [6.07, 6.45) is 1.90. The molecule has 10 heteroatoms. The highest BCUT2D eigenvalue weighted by Crippen LogP contribution is 2.38. The fraction of sp³-hybridized carbons (Fsp3) is 0.267. The monoisotopic (exact) mass is 562 g/mol. The molecule has 40 heavy (non-hydrogen) atoms. The summed E-state index contributed by atoms with van der Waals surface area (Å²) in [5.74, 6) is -0.758. The van der Waals surface area contributed by atoms with Crippen LogP contribution in [0.25, 0.3) is 11.3 Å². The van der Waals surface area contributed by atoms with Gasteiger partial charge in [0.2, 0.25) is 10.0 Å². The molecule has 3 aromatic rings. The van der Waals surface area contributed by atoms with Crippen LogP contribution < -0.4 is 14.9 Å². The highest BCUT2D eigenvalue weighted by molar-refractivity contribution is 7.92. The van der Waals surface area contributed by atoms with E-state index in [-0.39, 0.29) is 12.5 Å². The maximum atomic E-state index is 13.2. The lowest BCUT2D eigenvalue weighted by molar-refractivity contribution is -0.110. The summed E-state index contributed by atoms with van der Waals surface area (Å²) >= 11 is 0. The Balaban J connectivity index is 1.69. The van der Waals surface area contributed by atoms with Crippen molar-refractivity contribution in [1.29, 1.82) is 0 Å². The molecular formula is C30H34N4O5S. The first-order valence-corrected chi connectivity index (χ1v) is 14.9. The van der Waals surface area contributed by atoms with Gasteiger partial charge in [-0.05, 0) is 75.9 Å². The second kappa shape index (κ2) is 12.4. The number of carbonyl (C=O) groups is 2. The lowest BCUT2D eigenvalue weighted by Crippen LogP contribution is -2.32. The molecule has 0 unspecified atom stereocenters. The second-order valence-corrected chi connectivity index (χ2v) is 11.6. The summed E-state index contributed by atoms with van der Waals surface area (Å²) in [4.78, 5) is 27.5. The van der Waals surface area contributed by atoms with Crippen LogP contribution in [0.15, 0.2) is 72.8 Å². The molecule has 0 aliphatic carbocycles. The molecule has 1 aliphatic rings. The molecule has 1 aliphatic heterocycles. The molecule has 0 atom stereocenters. The van der Waals surface area contributed by atoms with Crippen LogP contribution in [0.2, 0.25) is 0 Å². The van der Waals surface area contributed by atoms with Crippen molar-refractivity contribution in [2.24, 2.45) is 0 Å². The van der Waals surface area contributed by atoms with E-state index < -0.39 is 16.0 Å². The van der Waals surface area contributed by atoms with Crippen LogP contribution >= 0.6 is 0 Å². The van der Waals surface area contributed by atoms with Crippen LogP contribution in [-0.4, -0.2) is 65.2 Å². The smallest absolute Gasteiger partial charge is 0.338 e. The zero-order valence-corrected chi connectivity index (χ0v) is 23.9. The third-order valence-corrected chi connectivity index (χ3v) is 7.57. The average Bonchev–Trinajstić information content (AvgIpc) is 3.24. The maximum absolute atomic E-state index is 13.2. The van der Waals surface area contributed by atoms with Crippen LogP contribution in [-0.2, 0) is 19.6 Å². The highest BCUT2D eigenvalue weighted by atomic mass is 32.2. The van der Waals surface area contributed by atoms with E-state index in [1.807, 2.05) is 49.3 Å². The van der Waals surface area contributed by atoms with E-state index >= 15 is 0 Å². The Morgan fingerprint density at radius 3 is 2.27 bits per heavy atom. The van der Waals surface area contributed by atoms with Crippen LogP contribution in [0, 0.1) is 0 Å². The zero-order valence-electron chi connectivity index (χ0n) is 23.1. The number of benzene rings is 3. The van der Waals surface area contributed by atoms with Gasteiger partial charge in [0.05, 0.1) is 41.1 Å². The molecule has 1 heterocycles. The van der Waals surface area contributed by atoms with Crippen LogP contribution in [0.1, 0.15) is 34.8 Å². The van der Waals surface area contributed by atoms with Crippen molar-refractivity contribution in [3.63, 3.8) is 0 Å². The number of nitrogens with one attached hydrogen (secondary N) is 2. The minimum atomic E-state index is -3.46. The van der Waals surface area contributed by atoms with Crippen molar-refractivity contribution in [3.8, 4) is 0 Å². The van der Waals surface area contributed by atoms with Crippen LogP contribution in [0.4, 0.5) is 17.1 Å². The third-order valence-electron chi connectivity index (χ3n) is 6.38. The molecule has 2 N–H and O–H groups in total. The van der Waals surface area contributed by atoms with Crippen molar-refractivity contribution in [3.05, 3.63) is 89.5 Å². The molecule has 0 bridgehead atoms.